The van der Waals surface area contributed by atoms with Crippen molar-refractivity contribution in [3.05, 3.63) is 50.5 Å². The fourth-order valence-electron chi connectivity index (χ4n) is 1.25. The molecule has 0 spiro atoms. The molecule has 5 heteroatoms. The maximum absolute atomic E-state index is 6.02. The summed E-state index contributed by atoms with van der Waals surface area (Å²) in [6.07, 6.45) is 1.68. The third-order valence-corrected chi connectivity index (χ3v) is 3.65. The number of hydrogen-bond donors (Lipinski definition) is 0. The minimum absolute atomic E-state index is 0.452. The van der Waals surface area contributed by atoms with Gasteiger partial charge in [0.05, 0.1) is 9.50 Å². The Bertz CT molecular complexity index is 560. The second-order valence-corrected chi connectivity index (χ2v) is 5.06. The van der Waals surface area contributed by atoms with Crippen LogP contribution in [0, 0.1) is 6.92 Å². The number of ether oxygens (including phenoxy) is 1. The zero-order valence-electron chi connectivity index (χ0n) is 8.88. The molecule has 17 heavy (non-hydrogen) atoms. The Labute approximate surface area is 118 Å². The molecule has 0 aliphatic heterocycles. The monoisotopic (exact) mass is 331 g/mol. The summed E-state index contributed by atoms with van der Waals surface area (Å²) in [7, 11) is 0. The lowest BCUT2D eigenvalue weighted by atomic mass is 10.3. The second kappa shape index (κ2) is 5.25. The average Bonchev–Trinajstić information content (AvgIpc) is 2.28. The molecule has 2 nitrogen and oxygen atoms in total. The lowest BCUT2D eigenvalue weighted by Gasteiger charge is -2.09. The molecule has 0 saturated heterocycles. The van der Waals surface area contributed by atoms with Gasteiger partial charge in [-0.05, 0) is 52.7 Å². The molecule has 0 aliphatic carbocycles. The summed E-state index contributed by atoms with van der Waals surface area (Å²) in [5.74, 6) is 1.00. The lowest BCUT2D eigenvalue weighted by molar-refractivity contribution is 0.459. The molecule has 2 rings (SSSR count). The number of aryl methyl sites for hydroxylation is 1. The minimum atomic E-state index is 0.452. The molecule has 0 bridgehead atoms. The SMILES string of the molecule is Cc1ccnc(Oc2ccc(Cl)cc2Cl)c1Br. The highest BCUT2D eigenvalue weighted by molar-refractivity contribution is 9.10. The number of pyridine rings is 1. The third-order valence-electron chi connectivity index (χ3n) is 2.15. The molecule has 1 aromatic carbocycles. The van der Waals surface area contributed by atoms with Crippen LogP contribution in [0.2, 0.25) is 10.0 Å². The molecule has 0 saturated carbocycles. The van der Waals surface area contributed by atoms with Gasteiger partial charge in [0.2, 0.25) is 5.88 Å². The van der Waals surface area contributed by atoms with Crippen LogP contribution < -0.4 is 4.74 Å². The maximum atomic E-state index is 6.02. The highest BCUT2D eigenvalue weighted by Crippen LogP contribution is 2.34. The summed E-state index contributed by atoms with van der Waals surface area (Å²) in [4.78, 5) is 4.14. The van der Waals surface area contributed by atoms with E-state index in [4.69, 9.17) is 27.9 Å². The van der Waals surface area contributed by atoms with Crippen molar-refractivity contribution in [2.45, 2.75) is 6.92 Å². The molecule has 0 radical (unpaired) electrons. The van der Waals surface area contributed by atoms with E-state index in [1.165, 1.54) is 0 Å². The molecular weight excluding hydrogens is 325 g/mol. The smallest absolute Gasteiger partial charge is 0.233 e. The average molecular weight is 333 g/mol. The van der Waals surface area contributed by atoms with Gasteiger partial charge in [0.1, 0.15) is 5.75 Å². The van der Waals surface area contributed by atoms with Crippen LogP contribution in [0.5, 0.6) is 11.6 Å². The highest BCUT2D eigenvalue weighted by atomic mass is 79.9. The number of nitrogens with zero attached hydrogens (tertiary/aromatic N) is 1. The molecule has 0 N–H and O–H groups in total. The molecule has 0 atom stereocenters. The van der Waals surface area contributed by atoms with Gasteiger partial charge in [0.25, 0.3) is 0 Å². The summed E-state index contributed by atoms with van der Waals surface area (Å²) < 4.78 is 6.44. The molecular formula is C12H8BrCl2NO. The van der Waals surface area contributed by atoms with E-state index in [1.807, 2.05) is 13.0 Å². The standard InChI is InChI=1S/C12H8BrCl2NO/c1-7-4-5-16-12(11(7)13)17-10-3-2-8(14)6-9(10)15/h2-6H,1H3. The first-order valence-electron chi connectivity index (χ1n) is 4.82. The van der Waals surface area contributed by atoms with Crippen molar-refractivity contribution < 1.29 is 4.74 Å². The quantitative estimate of drug-likeness (QED) is 0.749. The van der Waals surface area contributed by atoms with E-state index < -0.39 is 0 Å². The first-order valence-corrected chi connectivity index (χ1v) is 6.37. The number of hydrogen-bond acceptors (Lipinski definition) is 2. The van der Waals surface area contributed by atoms with Crippen LogP contribution in [0.1, 0.15) is 5.56 Å². The Balaban J connectivity index is 2.35. The van der Waals surface area contributed by atoms with Crippen LogP contribution >= 0.6 is 39.1 Å². The van der Waals surface area contributed by atoms with Gasteiger partial charge in [-0.3, -0.25) is 0 Å². The van der Waals surface area contributed by atoms with Gasteiger partial charge < -0.3 is 4.74 Å². The van der Waals surface area contributed by atoms with Crippen LogP contribution in [-0.4, -0.2) is 4.98 Å². The van der Waals surface area contributed by atoms with Gasteiger partial charge >= 0.3 is 0 Å². The van der Waals surface area contributed by atoms with Gasteiger partial charge in [-0.25, -0.2) is 4.98 Å². The van der Waals surface area contributed by atoms with Crippen LogP contribution in [0.3, 0.4) is 0 Å². The minimum Gasteiger partial charge on any atom is -0.436 e. The molecule has 0 amide bonds. The van der Waals surface area contributed by atoms with Gasteiger partial charge in [-0.15, -0.1) is 0 Å². The zero-order chi connectivity index (χ0) is 12.4. The molecule has 1 aromatic heterocycles. The van der Waals surface area contributed by atoms with Crippen molar-refractivity contribution >= 4 is 39.1 Å². The number of benzene rings is 1. The van der Waals surface area contributed by atoms with Crippen molar-refractivity contribution in [1.29, 1.82) is 0 Å². The van der Waals surface area contributed by atoms with E-state index in [0.717, 1.165) is 10.0 Å². The Morgan fingerprint density at radius 1 is 1.24 bits per heavy atom. The fraction of sp³-hybridized carbons (Fsp3) is 0.0833. The van der Waals surface area contributed by atoms with E-state index in [0.29, 0.717) is 21.7 Å². The molecule has 88 valence electrons. The summed E-state index contributed by atoms with van der Waals surface area (Å²) in [5.41, 5.74) is 1.04. The largest absolute Gasteiger partial charge is 0.436 e. The van der Waals surface area contributed by atoms with E-state index in [1.54, 1.807) is 24.4 Å². The van der Waals surface area contributed by atoms with Crippen molar-refractivity contribution in [2.75, 3.05) is 0 Å². The zero-order valence-corrected chi connectivity index (χ0v) is 12.0. The van der Waals surface area contributed by atoms with Crippen LogP contribution in [0.25, 0.3) is 0 Å². The first kappa shape index (κ1) is 12.7. The van der Waals surface area contributed by atoms with Crippen LogP contribution in [0.15, 0.2) is 34.9 Å². The fourth-order valence-corrected chi connectivity index (χ4v) is 2.01. The van der Waals surface area contributed by atoms with Gasteiger partial charge in [-0.1, -0.05) is 23.2 Å². The molecule has 1 heterocycles. The van der Waals surface area contributed by atoms with E-state index in [-0.39, 0.29) is 0 Å². The number of halogens is 3. The normalized spacial score (nSPS) is 10.4. The van der Waals surface area contributed by atoms with Gasteiger partial charge in [-0.2, -0.15) is 0 Å². The predicted octanol–water partition coefficient (Wildman–Crippen LogP) is 5.25. The number of aromatic nitrogens is 1. The van der Waals surface area contributed by atoms with Gasteiger partial charge in [0.15, 0.2) is 0 Å². The Kier molecular flexibility index (Phi) is 3.92. The summed E-state index contributed by atoms with van der Waals surface area (Å²) >= 11 is 15.3. The Morgan fingerprint density at radius 3 is 2.71 bits per heavy atom. The van der Waals surface area contributed by atoms with Crippen molar-refractivity contribution in [1.82, 2.24) is 4.98 Å². The Hall–Kier alpha value is -0.770. The lowest BCUT2D eigenvalue weighted by Crippen LogP contribution is -1.91. The first-order chi connectivity index (χ1) is 8.08. The topological polar surface area (TPSA) is 22.1 Å². The predicted molar refractivity (Wildman–Crippen MR) is 73.2 cm³/mol. The molecule has 2 aromatic rings. The summed E-state index contributed by atoms with van der Waals surface area (Å²) in [6.45, 7) is 1.96. The summed E-state index contributed by atoms with van der Waals surface area (Å²) in [5, 5.41) is 1.02. The maximum Gasteiger partial charge on any atom is 0.233 e. The second-order valence-electron chi connectivity index (χ2n) is 3.42. The molecule has 0 aliphatic rings. The third kappa shape index (κ3) is 2.92. The van der Waals surface area contributed by atoms with Crippen molar-refractivity contribution in [3.63, 3.8) is 0 Å². The molecule has 0 fully saturated rings. The summed E-state index contributed by atoms with van der Waals surface area (Å²) in [6, 6.07) is 6.94. The van der Waals surface area contributed by atoms with E-state index in [9.17, 15) is 0 Å². The van der Waals surface area contributed by atoms with Crippen molar-refractivity contribution in [3.8, 4) is 11.6 Å². The van der Waals surface area contributed by atoms with Crippen molar-refractivity contribution in [2.24, 2.45) is 0 Å². The van der Waals surface area contributed by atoms with E-state index >= 15 is 0 Å². The van der Waals surface area contributed by atoms with E-state index in [2.05, 4.69) is 20.9 Å². The Morgan fingerprint density at radius 2 is 2.00 bits per heavy atom. The highest BCUT2D eigenvalue weighted by Gasteiger charge is 2.09. The molecule has 0 unspecified atom stereocenters. The number of rotatable bonds is 2. The van der Waals surface area contributed by atoms with Crippen LogP contribution in [0.4, 0.5) is 0 Å². The van der Waals surface area contributed by atoms with Crippen LogP contribution in [-0.2, 0) is 0 Å². The van der Waals surface area contributed by atoms with Gasteiger partial charge in [0, 0.05) is 11.2 Å².